The second-order valence-electron chi connectivity index (χ2n) is 24.3. The molecule has 68 heteroatoms. The molecular formula is C80H104Cu3N44O3S14Zn4. The molecule has 0 atom stereocenters. The maximum Gasteiger partial charge on any atom is 2.00 e. The summed E-state index contributed by atoms with van der Waals surface area (Å²) in [5, 5.41) is 147. The number of hydrogen-bond acceptors (Lipinski definition) is 47. The first-order valence-corrected chi connectivity index (χ1v) is 46.6. The Labute approximate surface area is 1020 Å². The van der Waals surface area contributed by atoms with Gasteiger partial charge in [0.15, 0.2) is 0 Å². The molecular weight excluding hydrogens is 2530 g/mol. The molecule has 3 radical (unpaired) electrons. The van der Waals surface area contributed by atoms with Gasteiger partial charge in [0, 0.05) is 151 Å². The summed E-state index contributed by atoms with van der Waals surface area (Å²) >= 11 is 68.5. The molecule has 2 aliphatic rings. The average molecular weight is 2630 g/mol. The van der Waals surface area contributed by atoms with E-state index in [-0.39, 0.29) is 155 Å². The number of nitrogens with zero attached hydrogens (tertiary/aromatic N) is 30. The zero-order chi connectivity index (χ0) is 103. The molecule has 0 bridgehead atoms. The zero-order valence-electron chi connectivity index (χ0n) is 80.9. The number of para-hydroxylation sites is 3. The van der Waals surface area contributed by atoms with Gasteiger partial charge in [-0.05, 0) is 125 Å². The molecule has 2 saturated heterocycles. The molecule has 2 heterocycles. The van der Waals surface area contributed by atoms with Gasteiger partial charge in [0.05, 0.1) is 121 Å². The third kappa shape index (κ3) is 96.4. The second-order valence-corrected chi connectivity index (χ2v) is 29.7. The summed E-state index contributed by atoms with van der Waals surface area (Å²) in [7, 11) is 11.6. The van der Waals surface area contributed by atoms with Gasteiger partial charge in [-0.25, -0.2) is 0 Å². The molecule has 148 heavy (non-hydrogen) atoms. The fourth-order valence-corrected chi connectivity index (χ4v) is 9.66. The van der Waals surface area contributed by atoms with Gasteiger partial charge in [-0.2, -0.15) is 143 Å². The monoisotopic (exact) mass is 2620 g/mol. The van der Waals surface area contributed by atoms with Gasteiger partial charge in [0.25, 0.3) is 0 Å². The van der Waals surface area contributed by atoms with Crippen LogP contribution in [0, 0.1) is 0 Å². The molecule has 0 aromatic heterocycles. The van der Waals surface area contributed by atoms with Crippen LogP contribution in [-0.4, -0.2) is 304 Å². The number of morpholine rings is 2. The van der Waals surface area contributed by atoms with E-state index in [1.54, 1.807) is 49.4 Å². The Balaban J connectivity index is -0.000000311. The average Bonchev–Trinajstić information content (AvgIpc) is 0.905. The Kier molecular flexibility index (Phi) is 112. The fraction of sp³-hybridized carbons (Fsp3) is 0.275. The minimum absolute atomic E-state index is 0. The quantitative estimate of drug-likeness (QED) is 0.00909. The number of hydrogen-bond donors (Lipinski definition) is 14. The smallest absolute Gasteiger partial charge is 0.741 e. The molecule has 2 aliphatic heterocycles. The third-order valence-corrected chi connectivity index (χ3v) is 17.8. The fourth-order valence-electron chi connectivity index (χ4n) is 8.11. The van der Waals surface area contributed by atoms with Crippen LogP contribution in [-0.2, 0) is 322 Å². The molecule has 0 spiro atoms. The van der Waals surface area contributed by atoms with Gasteiger partial charge in [-0.1, -0.05) is 84.9 Å². The Morgan fingerprint density at radius 1 is 0.270 bits per heavy atom. The van der Waals surface area contributed by atoms with Crippen molar-refractivity contribution in [2.75, 3.05) is 156 Å². The number of methoxy groups -OCH3 is 1. The van der Waals surface area contributed by atoms with Crippen LogP contribution in [0.15, 0.2) is 288 Å². The van der Waals surface area contributed by atoms with Gasteiger partial charge >= 0.3 is 129 Å². The topological polar surface area (TPSA) is 549 Å². The van der Waals surface area contributed by atoms with E-state index in [2.05, 4.69) is 227 Å². The summed E-state index contributed by atoms with van der Waals surface area (Å²) in [6.45, 7) is 13.5. The summed E-state index contributed by atoms with van der Waals surface area (Å²) in [5.74, 6) is 0.765. The molecule has 5 aromatic carbocycles. The number of benzene rings is 5. The van der Waals surface area contributed by atoms with Gasteiger partial charge in [0.1, 0.15) is 5.75 Å². The molecule has 0 saturated carbocycles. The van der Waals surface area contributed by atoms with Crippen molar-refractivity contribution >= 4 is 359 Å². The molecule has 7 rings (SSSR count). The van der Waals surface area contributed by atoms with Crippen molar-refractivity contribution in [3.05, 3.63) is 151 Å². The number of rotatable bonds is 35. The van der Waals surface area contributed by atoms with E-state index >= 15 is 0 Å². The molecule has 47 nitrogen and oxygen atoms in total. The predicted molar refractivity (Wildman–Crippen MR) is 625 cm³/mol. The van der Waals surface area contributed by atoms with E-state index < -0.39 is 0 Å². The van der Waals surface area contributed by atoms with Crippen molar-refractivity contribution < 1.29 is 143 Å². The first-order valence-electron chi connectivity index (χ1n) is 40.8. The normalized spacial score (nSPS) is 14.0. The first-order chi connectivity index (χ1) is 68.5. The van der Waals surface area contributed by atoms with Crippen molar-refractivity contribution in [2.24, 2.45) is 143 Å². The maximum absolute atomic E-state index is 5.28. The SMILES string of the molecule is CCNC([S-])=NN=CC=NN=C([S-])Nc1ccccc1.CNC([S-])=NN=CC=NN=C([S-])NCCN1CCOCC1.CNC([S-])=NN=CC=NN=C([S-])NCCN1CCOCC1.CNC([S-])=NN=CC=NN=C([S-])NCc1ccccc1.CNC([S-])=NN=CC=NN=C([S-])Nc1ccc(OC)cc1.CNC([S-])=NN=CC=NN=C([S-])Nc1ccccc1.CNC([S-])=NN=CC=NN=C([S-])Nc1ccccc1.[Cu+2].[Cu+2].[Cu+2].[Zn+2].[Zn+2].[Zn+2].[Zn+2]. The summed E-state index contributed by atoms with van der Waals surface area (Å²) in [6, 6.07) is 45.6. The Morgan fingerprint density at radius 3 is 0.682 bits per heavy atom. The minimum atomic E-state index is 0. The Hall–Kier alpha value is -9.17. The second kappa shape index (κ2) is 109. The van der Waals surface area contributed by atoms with Crippen molar-refractivity contribution in [3.63, 3.8) is 0 Å². The predicted octanol–water partition coefficient (Wildman–Crippen LogP) is 3.35. The number of ether oxygens (including phenoxy) is 3. The number of anilines is 4. The molecule has 0 amide bonds. The number of nitrogens with one attached hydrogen (secondary N) is 14. The van der Waals surface area contributed by atoms with Crippen molar-refractivity contribution in [1.82, 2.24) is 63.0 Å². The van der Waals surface area contributed by atoms with Crippen LogP contribution in [0.3, 0.4) is 0 Å². The zero-order valence-corrected chi connectivity index (χ0v) is 107. The molecule has 2 fully saturated rings. The van der Waals surface area contributed by atoms with Gasteiger partial charge in [-0.3, -0.25) is 9.80 Å². The van der Waals surface area contributed by atoms with Crippen molar-refractivity contribution in [3.8, 4) is 5.75 Å². The van der Waals surface area contributed by atoms with Crippen LogP contribution in [0.5, 0.6) is 5.75 Å². The summed E-state index contributed by atoms with van der Waals surface area (Å²) in [5.41, 5.74) is 4.48. The molecule has 0 aliphatic carbocycles. The first kappa shape index (κ1) is 152. The standard InChI is InChI=1S/C12H16N6OS2.2C12H16N6S2.2C11H21N7OS2.2C11H14N6S2.3Cu.4Zn/c1-13-11(20)17-14-7-8-15-18-12(21)16-9-3-5-10(19-2)6-4-9;1-13-11(19)17-15-7-8-16-18-12(20)14-9-10-5-3-2-4-6-10;1-2-13-11(19)17-14-8-9-15-18-12(20)16-10-6-4-3-5-7-10;2*1-12-10(20)16-14-2-3-15-17-11(21)13-4-5-18-6-8-19-9-7-18;2*1-12-10(18)16-13-7-8-14-17-11(19)15-9-5-3-2-4-6-9;;;;;;;/h3-8H,1-2H3,(H2,13,17,20)(H2,16,18,21);2-8H,9H2,1H3,(H2,13,17,19)(H2,14,18,20);3-9H,2H2,1H3,(H2,13,17,19)(H2,16,18,20);2*2-3H,4-9H2,1H3,(H2,12,16,20)(H2,13,17,21);2*2-8H,1H3,(H2,12,16,18)(H2,15,17,19);;;;;;;/q;;;;;;;7*+2/p-14. The van der Waals surface area contributed by atoms with Crippen LogP contribution in [0.1, 0.15) is 12.5 Å². The molecule has 14 N–H and O–H groups in total. The molecule has 0 unspecified atom stereocenters. The van der Waals surface area contributed by atoms with Gasteiger partial charge in [0.2, 0.25) is 0 Å². The minimum Gasteiger partial charge on any atom is -0.741 e. The largest absolute Gasteiger partial charge is 2.00 e. The van der Waals surface area contributed by atoms with Crippen LogP contribution in [0.25, 0.3) is 0 Å². The van der Waals surface area contributed by atoms with Crippen LogP contribution in [0.4, 0.5) is 22.7 Å². The Bertz CT molecular complexity index is 5020. The summed E-state index contributed by atoms with van der Waals surface area (Å²) in [6.07, 6.45) is 19.2. The van der Waals surface area contributed by atoms with E-state index in [0.717, 1.165) is 113 Å². The number of amidine groups is 14. The van der Waals surface area contributed by atoms with Crippen LogP contribution in [0.2, 0.25) is 0 Å². The van der Waals surface area contributed by atoms with Crippen molar-refractivity contribution in [1.29, 1.82) is 0 Å². The van der Waals surface area contributed by atoms with Crippen molar-refractivity contribution in [2.45, 2.75) is 13.5 Å². The van der Waals surface area contributed by atoms with Gasteiger partial charge < -0.3 is 265 Å². The molecule has 5 aromatic rings. The Morgan fingerprint density at radius 2 is 0.466 bits per heavy atom. The van der Waals surface area contributed by atoms with E-state index in [1.165, 1.54) is 87.0 Å². The van der Waals surface area contributed by atoms with E-state index in [4.69, 9.17) is 191 Å². The summed E-state index contributed by atoms with van der Waals surface area (Å²) < 4.78 is 15.6. The summed E-state index contributed by atoms with van der Waals surface area (Å²) in [4.78, 5) is 4.61. The van der Waals surface area contributed by atoms with Crippen LogP contribution < -0.4 is 79.2 Å². The maximum atomic E-state index is 5.28. The third-order valence-electron chi connectivity index (χ3n) is 14.4. The molecule has 787 valence electrons. The van der Waals surface area contributed by atoms with E-state index in [9.17, 15) is 0 Å². The van der Waals surface area contributed by atoms with Crippen LogP contribution >= 0.6 is 0 Å². The van der Waals surface area contributed by atoms with E-state index in [1.807, 2.05) is 153 Å². The van der Waals surface area contributed by atoms with Gasteiger partial charge in [-0.15, -0.1) is 0 Å². The van der Waals surface area contributed by atoms with E-state index in [0.29, 0.717) is 59.6 Å².